The molecular weight excluding hydrogens is 278 g/mol. The van der Waals surface area contributed by atoms with Crippen molar-refractivity contribution in [1.29, 1.82) is 0 Å². The van der Waals surface area contributed by atoms with Gasteiger partial charge in [0.15, 0.2) is 0 Å². The molecule has 0 amide bonds. The third kappa shape index (κ3) is 3.93. The Morgan fingerprint density at radius 2 is 2.10 bits per heavy atom. The number of nitrogens with zero attached hydrogens (tertiary/aromatic N) is 2. The van der Waals surface area contributed by atoms with Crippen LogP contribution in [0.2, 0.25) is 5.15 Å². The van der Waals surface area contributed by atoms with Crippen LogP contribution in [0.15, 0.2) is 42.7 Å². The largest absolute Gasteiger partial charge is 0.467 e. The molecule has 5 nitrogen and oxygen atoms in total. The van der Waals surface area contributed by atoms with Crippen molar-refractivity contribution < 1.29 is 9.53 Å². The molecule has 0 saturated heterocycles. The van der Waals surface area contributed by atoms with Crippen LogP contribution in [0.5, 0.6) is 0 Å². The molecule has 0 aliphatic heterocycles. The number of carbonyl (C=O) groups excluding carboxylic acids is 1. The topological polar surface area (TPSA) is 64.1 Å². The van der Waals surface area contributed by atoms with Gasteiger partial charge in [0.05, 0.1) is 7.11 Å². The van der Waals surface area contributed by atoms with E-state index >= 15 is 0 Å². The van der Waals surface area contributed by atoms with Crippen LogP contribution < -0.4 is 5.32 Å². The Labute approximate surface area is 122 Å². The second-order valence-corrected chi connectivity index (χ2v) is 4.52. The van der Waals surface area contributed by atoms with E-state index in [0.717, 1.165) is 5.56 Å². The standard InChI is InChI=1S/C14H14ClN3O2/c1-20-14(19)11(7-10-5-3-2-4-6-10)18-13-8-12(15)16-9-17-13/h2-6,8-9,11H,7H2,1H3,(H,16,17,18). The number of esters is 1. The summed E-state index contributed by atoms with van der Waals surface area (Å²) in [6.07, 6.45) is 1.83. The lowest BCUT2D eigenvalue weighted by Crippen LogP contribution is -2.33. The molecule has 0 saturated carbocycles. The number of anilines is 1. The van der Waals surface area contributed by atoms with Gasteiger partial charge in [0.25, 0.3) is 0 Å². The van der Waals surface area contributed by atoms with Crippen molar-refractivity contribution >= 4 is 23.4 Å². The lowest BCUT2D eigenvalue weighted by atomic mass is 10.1. The molecule has 0 bridgehead atoms. The maximum Gasteiger partial charge on any atom is 0.328 e. The number of methoxy groups -OCH3 is 1. The van der Waals surface area contributed by atoms with E-state index in [1.165, 1.54) is 13.4 Å². The molecule has 1 N–H and O–H groups in total. The molecule has 6 heteroatoms. The monoisotopic (exact) mass is 291 g/mol. The van der Waals surface area contributed by atoms with Crippen molar-refractivity contribution in [3.8, 4) is 0 Å². The van der Waals surface area contributed by atoms with E-state index in [9.17, 15) is 4.79 Å². The van der Waals surface area contributed by atoms with Gasteiger partial charge in [0, 0.05) is 12.5 Å². The summed E-state index contributed by atoms with van der Waals surface area (Å²) in [6, 6.07) is 10.7. The summed E-state index contributed by atoms with van der Waals surface area (Å²) in [6.45, 7) is 0. The molecule has 1 unspecified atom stereocenters. The first kappa shape index (κ1) is 14.3. The van der Waals surface area contributed by atoms with Crippen molar-refractivity contribution in [3.63, 3.8) is 0 Å². The normalized spacial score (nSPS) is 11.7. The smallest absolute Gasteiger partial charge is 0.328 e. The van der Waals surface area contributed by atoms with Gasteiger partial charge >= 0.3 is 5.97 Å². The van der Waals surface area contributed by atoms with E-state index in [-0.39, 0.29) is 5.97 Å². The zero-order valence-corrected chi connectivity index (χ0v) is 11.7. The van der Waals surface area contributed by atoms with Crippen LogP contribution in [0, 0.1) is 0 Å². The number of hydrogen-bond acceptors (Lipinski definition) is 5. The summed E-state index contributed by atoms with van der Waals surface area (Å²) in [4.78, 5) is 19.7. The quantitative estimate of drug-likeness (QED) is 0.676. The summed E-state index contributed by atoms with van der Waals surface area (Å²) in [5.74, 6) is 0.125. The number of hydrogen-bond donors (Lipinski definition) is 1. The van der Waals surface area contributed by atoms with E-state index < -0.39 is 6.04 Å². The Morgan fingerprint density at radius 1 is 1.35 bits per heavy atom. The first-order chi connectivity index (χ1) is 9.69. The van der Waals surface area contributed by atoms with Crippen LogP contribution in [0.3, 0.4) is 0 Å². The van der Waals surface area contributed by atoms with Crippen LogP contribution in [-0.2, 0) is 16.0 Å². The molecule has 0 aliphatic carbocycles. The molecule has 0 fully saturated rings. The van der Waals surface area contributed by atoms with Crippen molar-refractivity contribution in [2.45, 2.75) is 12.5 Å². The van der Waals surface area contributed by atoms with Gasteiger partial charge in [-0.25, -0.2) is 14.8 Å². The van der Waals surface area contributed by atoms with Crippen LogP contribution in [0.4, 0.5) is 5.82 Å². The zero-order chi connectivity index (χ0) is 14.4. The molecule has 2 rings (SSSR count). The Hall–Kier alpha value is -2.14. The van der Waals surface area contributed by atoms with E-state index in [4.69, 9.17) is 16.3 Å². The van der Waals surface area contributed by atoms with E-state index in [1.54, 1.807) is 6.07 Å². The highest BCUT2D eigenvalue weighted by Crippen LogP contribution is 2.13. The van der Waals surface area contributed by atoms with Crippen LogP contribution >= 0.6 is 11.6 Å². The van der Waals surface area contributed by atoms with Gasteiger partial charge in [0.1, 0.15) is 23.3 Å². The van der Waals surface area contributed by atoms with Gasteiger partial charge in [-0.1, -0.05) is 41.9 Å². The van der Waals surface area contributed by atoms with Gasteiger partial charge in [-0.2, -0.15) is 0 Å². The Balaban J connectivity index is 2.14. The maximum absolute atomic E-state index is 11.8. The van der Waals surface area contributed by atoms with Crippen molar-refractivity contribution in [2.24, 2.45) is 0 Å². The number of aromatic nitrogens is 2. The number of nitrogens with one attached hydrogen (secondary N) is 1. The van der Waals surface area contributed by atoms with Gasteiger partial charge in [-0.3, -0.25) is 0 Å². The molecule has 0 radical (unpaired) electrons. The third-order valence-electron chi connectivity index (χ3n) is 2.72. The fourth-order valence-corrected chi connectivity index (χ4v) is 1.92. The average molecular weight is 292 g/mol. The highest BCUT2D eigenvalue weighted by molar-refractivity contribution is 6.29. The second kappa shape index (κ2) is 6.86. The number of halogens is 1. The Kier molecular flexibility index (Phi) is 4.90. The summed E-state index contributed by atoms with van der Waals surface area (Å²) in [7, 11) is 1.36. The molecule has 1 aromatic carbocycles. The fraction of sp³-hybridized carbons (Fsp3) is 0.214. The first-order valence-corrected chi connectivity index (χ1v) is 6.42. The molecular formula is C14H14ClN3O2. The molecule has 1 heterocycles. The minimum atomic E-state index is -0.534. The Morgan fingerprint density at radius 3 is 2.75 bits per heavy atom. The second-order valence-electron chi connectivity index (χ2n) is 4.14. The van der Waals surface area contributed by atoms with Crippen molar-refractivity contribution in [2.75, 3.05) is 12.4 Å². The minimum absolute atomic E-state index is 0.311. The fourth-order valence-electron chi connectivity index (χ4n) is 1.78. The van der Waals surface area contributed by atoms with E-state index in [2.05, 4.69) is 15.3 Å². The van der Waals surface area contributed by atoms with Gasteiger partial charge < -0.3 is 10.1 Å². The average Bonchev–Trinajstić information content (AvgIpc) is 2.47. The highest BCUT2D eigenvalue weighted by Gasteiger charge is 2.20. The highest BCUT2D eigenvalue weighted by atomic mass is 35.5. The van der Waals surface area contributed by atoms with Crippen molar-refractivity contribution in [1.82, 2.24) is 9.97 Å². The Bertz CT molecular complexity index is 578. The zero-order valence-electron chi connectivity index (χ0n) is 10.9. The summed E-state index contributed by atoms with van der Waals surface area (Å²) in [5.41, 5.74) is 1.02. The van der Waals surface area contributed by atoms with E-state index in [1.807, 2.05) is 30.3 Å². The number of carbonyl (C=O) groups is 1. The molecule has 20 heavy (non-hydrogen) atoms. The first-order valence-electron chi connectivity index (χ1n) is 6.05. The molecule has 2 aromatic rings. The summed E-state index contributed by atoms with van der Waals surface area (Å²) in [5, 5.41) is 3.32. The maximum atomic E-state index is 11.8. The summed E-state index contributed by atoms with van der Waals surface area (Å²) < 4.78 is 4.81. The molecule has 0 aliphatic rings. The molecule has 0 spiro atoms. The molecule has 104 valence electrons. The third-order valence-corrected chi connectivity index (χ3v) is 2.93. The molecule has 1 atom stereocenters. The predicted octanol–water partition coefficient (Wildman–Crippen LogP) is 2.33. The summed E-state index contributed by atoms with van der Waals surface area (Å²) >= 11 is 5.79. The van der Waals surface area contributed by atoms with Crippen LogP contribution in [0.1, 0.15) is 5.56 Å². The van der Waals surface area contributed by atoms with Gasteiger partial charge in [-0.05, 0) is 5.56 Å². The van der Waals surface area contributed by atoms with E-state index in [0.29, 0.717) is 17.4 Å². The molecule has 1 aromatic heterocycles. The lowest BCUT2D eigenvalue weighted by molar-refractivity contribution is -0.141. The van der Waals surface area contributed by atoms with Crippen LogP contribution in [0.25, 0.3) is 0 Å². The number of ether oxygens (including phenoxy) is 1. The number of rotatable bonds is 5. The van der Waals surface area contributed by atoms with Crippen LogP contribution in [-0.4, -0.2) is 29.1 Å². The van der Waals surface area contributed by atoms with Crippen molar-refractivity contribution in [3.05, 3.63) is 53.4 Å². The lowest BCUT2D eigenvalue weighted by Gasteiger charge is -2.17. The number of benzene rings is 1. The van der Waals surface area contributed by atoms with Gasteiger partial charge in [0.2, 0.25) is 0 Å². The SMILES string of the molecule is COC(=O)C(Cc1ccccc1)Nc1cc(Cl)ncn1. The van der Waals surface area contributed by atoms with Gasteiger partial charge in [-0.15, -0.1) is 0 Å². The predicted molar refractivity (Wildman–Crippen MR) is 76.6 cm³/mol. The minimum Gasteiger partial charge on any atom is -0.467 e.